The van der Waals surface area contributed by atoms with Crippen molar-refractivity contribution in [3.63, 3.8) is 0 Å². The fraction of sp³-hybridized carbons (Fsp3) is 0.650. The molecule has 0 spiro atoms. The zero-order valence-corrected chi connectivity index (χ0v) is 14.6. The molecule has 2 aliphatic rings. The van der Waals surface area contributed by atoms with Gasteiger partial charge >= 0.3 is 0 Å². The lowest BCUT2D eigenvalue weighted by molar-refractivity contribution is -0.122. The highest BCUT2D eigenvalue weighted by molar-refractivity contribution is 5.77. The van der Waals surface area contributed by atoms with Crippen LogP contribution in [0.3, 0.4) is 0 Å². The molecule has 1 saturated carbocycles. The van der Waals surface area contributed by atoms with E-state index in [0.717, 1.165) is 32.2 Å². The van der Waals surface area contributed by atoms with Gasteiger partial charge < -0.3 is 10.2 Å². The van der Waals surface area contributed by atoms with E-state index in [1.165, 1.54) is 30.5 Å². The van der Waals surface area contributed by atoms with Gasteiger partial charge in [-0.25, -0.2) is 0 Å². The molecule has 1 atom stereocenters. The lowest BCUT2D eigenvalue weighted by Crippen LogP contribution is -2.39. The minimum Gasteiger partial charge on any atom is -0.350 e. The molecule has 126 valence electrons. The molecule has 1 saturated heterocycles. The second kappa shape index (κ2) is 7.04. The molecule has 1 aromatic carbocycles. The normalized spacial score (nSPS) is 23.5. The quantitative estimate of drug-likeness (QED) is 0.874. The average molecular weight is 314 g/mol. The molecule has 1 aliphatic heterocycles. The summed E-state index contributed by atoms with van der Waals surface area (Å²) in [7, 11) is 2.19. The van der Waals surface area contributed by atoms with E-state index in [0.29, 0.717) is 12.3 Å². The van der Waals surface area contributed by atoms with E-state index in [4.69, 9.17) is 0 Å². The number of hydrogen-bond acceptors (Lipinski definition) is 2. The van der Waals surface area contributed by atoms with Crippen molar-refractivity contribution in [1.82, 2.24) is 10.2 Å². The molecule has 3 rings (SSSR count). The molecular weight excluding hydrogens is 284 g/mol. The maximum atomic E-state index is 12.4. The van der Waals surface area contributed by atoms with Crippen LogP contribution in [0.2, 0.25) is 0 Å². The predicted octanol–water partition coefficient (Wildman–Crippen LogP) is 3.31. The van der Waals surface area contributed by atoms with Crippen LogP contribution >= 0.6 is 0 Å². The van der Waals surface area contributed by atoms with E-state index in [1.807, 2.05) is 0 Å². The average Bonchev–Trinajstić information content (AvgIpc) is 3.27. The summed E-state index contributed by atoms with van der Waals surface area (Å²) in [6.45, 7) is 4.52. The van der Waals surface area contributed by atoms with Gasteiger partial charge in [0.15, 0.2) is 0 Å². The summed E-state index contributed by atoms with van der Waals surface area (Å²) in [5.74, 6) is 0.954. The third-order valence-corrected chi connectivity index (χ3v) is 5.55. The van der Waals surface area contributed by atoms with E-state index in [1.54, 1.807) is 0 Å². The van der Waals surface area contributed by atoms with Crippen LogP contribution in [0.1, 0.15) is 49.7 Å². The summed E-state index contributed by atoms with van der Waals surface area (Å²) in [6.07, 6.45) is 7.52. The molecule has 1 aromatic rings. The third kappa shape index (κ3) is 4.57. The largest absolute Gasteiger partial charge is 0.350 e. The molecule has 0 aromatic heterocycles. The summed E-state index contributed by atoms with van der Waals surface area (Å²) < 4.78 is 0. The molecular formula is C20H30N2O. The Bertz CT molecular complexity index is 550. The van der Waals surface area contributed by atoms with Gasteiger partial charge in [0, 0.05) is 18.5 Å². The van der Waals surface area contributed by atoms with E-state index in [9.17, 15) is 4.79 Å². The molecule has 3 heteroatoms. The van der Waals surface area contributed by atoms with Crippen LogP contribution in [0, 0.1) is 12.8 Å². The highest BCUT2D eigenvalue weighted by Gasteiger charge is 2.43. The van der Waals surface area contributed by atoms with Crippen molar-refractivity contribution in [2.75, 3.05) is 20.1 Å². The smallest absolute Gasteiger partial charge is 0.220 e. The topological polar surface area (TPSA) is 32.3 Å². The molecule has 1 amide bonds. The zero-order valence-electron chi connectivity index (χ0n) is 14.6. The van der Waals surface area contributed by atoms with Crippen LogP contribution in [0.15, 0.2) is 24.3 Å². The lowest BCUT2D eigenvalue weighted by atomic mass is 9.93. The maximum absolute atomic E-state index is 12.4. The fourth-order valence-corrected chi connectivity index (χ4v) is 3.87. The van der Waals surface area contributed by atoms with Gasteiger partial charge in [-0.3, -0.25) is 4.79 Å². The van der Waals surface area contributed by atoms with E-state index >= 15 is 0 Å². The predicted molar refractivity (Wildman–Crippen MR) is 94.4 cm³/mol. The number of hydrogen-bond donors (Lipinski definition) is 1. The molecule has 1 unspecified atom stereocenters. The van der Waals surface area contributed by atoms with Gasteiger partial charge in [0.25, 0.3) is 0 Å². The van der Waals surface area contributed by atoms with E-state index < -0.39 is 0 Å². The van der Waals surface area contributed by atoms with Gasteiger partial charge in [-0.05, 0) is 76.1 Å². The van der Waals surface area contributed by atoms with Crippen molar-refractivity contribution in [2.24, 2.45) is 5.92 Å². The van der Waals surface area contributed by atoms with Gasteiger partial charge in [-0.2, -0.15) is 0 Å². The Morgan fingerprint density at radius 1 is 1.35 bits per heavy atom. The number of nitrogens with one attached hydrogen (secondary N) is 1. The van der Waals surface area contributed by atoms with Crippen molar-refractivity contribution < 1.29 is 4.79 Å². The summed E-state index contributed by atoms with van der Waals surface area (Å²) in [6, 6.07) is 8.53. The Labute approximate surface area is 140 Å². The van der Waals surface area contributed by atoms with Crippen molar-refractivity contribution in [1.29, 1.82) is 0 Å². The van der Waals surface area contributed by atoms with Crippen molar-refractivity contribution in [2.45, 2.75) is 57.4 Å². The lowest BCUT2D eigenvalue weighted by Gasteiger charge is -2.29. The van der Waals surface area contributed by atoms with Crippen LogP contribution in [-0.2, 0) is 11.2 Å². The Morgan fingerprint density at radius 2 is 2.13 bits per heavy atom. The number of piperidine rings is 1. The molecule has 1 heterocycles. The van der Waals surface area contributed by atoms with Gasteiger partial charge in [0.1, 0.15) is 0 Å². The van der Waals surface area contributed by atoms with Crippen LogP contribution in [0.4, 0.5) is 0 Å². The highest BCUT2D eigenvalue weighted by atomic mass is 16.1. The monoisotopic (exact) mass is 314 g/mol. The molecule has 23 heavy (non-hydrogen) atoms. The highest BCUT2D eigenvalue weighted by Crippen LogP contribution is 2.39. The first-order chi connectivity index (χ1) is 11.1. The van der Waals surface area contributed by atoms with Crippen LogP contribution in [0.25, 0.3) is 0 Å². The molecule has 1 N–H and O–H groups in total. The van der Waals surface area contributed by atoms with Crippen molar-refractivity contribution in [3.8, 4) is 0 Å². The number of carbonyl (C=O) groups excluding carboxylic acids is 1. The summed E-state index contributed by atoms with van der Waals surface area (Å²) >= 11 is 0. The molecule has 3 nitrogen and oxygen atoms in total. The fourth-order valence-electron chi connectivity index (χ4n) is 3.87. The number of nitrogens with zero attached hydrogens (tertiary/aromatic N) is 1. The van der Waals surface area contributed by atoms with Crippen molar-refractivity contribution >= 4 is 5.91 Å². The summed E-state index contributed by atoms with van der Waals surface area (Å²) in [4.78, 5) is 14.8. The first-order valence-electron chi connectivity index (χ1n) is 9.10. The molecule has 0 bridgehead atoms. The van der Waals surface area contributed by atoms with E-state index in [2.05, 4.69) is 48.5 Å². The number of benzene rings is 1. The van der Waals surface area contributed by atoms with Gasteiger partial charge in [0.2, 0.25) is 5.91 Å². The Hall–Kier alpha value is -1.35. The molecule has 2 fully saturated rings. The Kier molecular flexibility index (Phi) is 5.05. The Balaban J connectivity index is 1.47. The maximum Gasteiger partial charge on any atom is 0.220 e. The number of amides is 1. The Morgan fingerprint density at radius 3 is 2.83 bits per heavy atom. The van der Waals surface area contributed by atoms with Gasteiger partial charge in [-0.1, -0.05) is 24.3 Å². The number of carbonyl (C=O) groups is 1. The molecule has 1 aliphatic carbocycles. The summed E-state index contributed by atoms with van der Waals surface area (Å²) in [5, 5.41) is 3.34. The minimum absolute atomic E-state index is 0.0482. The number of aryl methyl sites for hydroxylation is 1. The molecule has 0 radical (unpaired) electrons. The zero-order chi connectivity index (χ0) is 16.3. The standard InChI is InChI=1S/C20H30N2O/c1-16-6-3-4-8-18(16)14-20(11-12-20)21-19(23)10-9-17-7-5-13-22(2)15-17/h3-4,6,8,17H,5,7,9-15H2,1-2H3,(H,21,23). The summed E-state index contributed by atoms with van der Waals surface area (Å²) in [5.41, 5.74) is 2.75. The SMILES string of the molecule is Cc1ccccc1CC1(NC(=O)CCC2CCCN(C)C2)CC1. The van der Waals surface area contributed by atoms with Crippen LogP contribution < -0.4 is 5.32 Å². The van der Waals surface area contributed by atoms with Gasteiger partial charge in [0.05, 0.1) is 0 Å². The number of rotatable bonds is 6. The van der Waals surface area contributed by atoms with Crippen molar-refractivity contribution in [3.05, 3.63) is 35.4 Å². The van der Waals surface area contributed by atoms with Gasteiger partial charge in [-0.15, -0.1) is 0 Å². The first kappa shape index (κ1) is 16.5. The number of likely N-dealkylation sites (tertiary alicyclic amines) is 1. The second-order valence-corrected chi connectivity index (χ2v) is 7.74. The van der Waals surface area contributed by atoms with Crippen LogP contribution in [0.5, 0.6) is 0 Å². The van der Waals surface area contributed by atoms with Crippen LogP contribution in [-0.4, -0.2) is 36.5 Å². The minimum atomic E-state index is 0.0482. The third-order valence-electron chi connectivity index (χ3n) is 5.55. The first-order valence-corrected chi connectivity index (χ1v) is 9.10. The second-order valence-electron chi connectivity index (χ2n) is 7.74. The van der Waals surface area contributed by atoms with E-state index in [-0.39, 0.29) is 11.4 Å².